The highest BCUT2D eigenvalue weighted by Crippen LogP contribution is 2.22. The summed E-state index contributed by atoms with van der Waals surface area (Å²) >= 11 is 0. The quantitative estimate of drug-likeness (QED) is 0.812. The minimum absolute atomic E-state index is 0. The maximum atomic E-state index is 13.3. The molecule has 0 spiro atoms. The fraction of sp³-hybridized carbons (Fsp3) is 0.294. The summed E-state index contributed by atoms with van der Waals surface area (Å²) < 4.78 is 40.5. The standard InChI is InChI=1S/C17H21FN2O2S.ClH/c1-14-12-16(18)8-9-17(14)23(21,22)20(11-5-10-19)13-15-6-3-2-4-7-15;/h2-4,6-9,12H,5,10-11,13,19H2,1H3;1H. The summed E-state index contributed by atoms with van der Waals surface area (Å²) in [7, 11) is -3.71. The van der Waals surface area contributed by atoms with Crippen molar-refractivity contribution < 1.29 is 12.8 Å². The topological polar surface area (TPSA) is 63.4 Å². The fourth-order valence-electron chi connectivity index (χ4n) is 2.38. The average Bonchev–Trinajstić information content (AvgIpc) is 2.52. The van der Waals surface area contributed by atoms with Gasteiger partial charge >= 0.3 is 0 Å². The van der Waals surface area contributed by atoms with E-state index in [4.69, 9.17) is 5.73 Å². The second kappa shape index (κ2) is 9.13. The Morgan fingerprint density at radius 2 is 1.79 bits per heavy atom. The Morgan fingerprint density at radius 1 is 1.12 bits per heavy atom. The van der Waals surface area contributed by atoms with Crippen molar-refractivity contribution in [1.29, 1.82) is 0 Å². The Labute approximate surface area is 148 Å². The lowest BCUT2D eigenvalue weighted by atomic mass is 10.2. The molecule has 0 aliphatic rings. The van der Waals surface area contributed by atoms with Crippen LogP contribution in [-0.2, 0) is 16.6 Å². The van der Waals surface area contributed by atoms with Crippen LogP contribution >= 0.6 is 12.4 Å². The molecule has 0 amide bonds. The van der Waals surface area contributed by atoms with E-state index >= 15 is 0 Å². The smallest absolute Gasteiger partial charge is 0.243 e. The van der Waals surface area contributed by atoms with Gasteiger partial charge in [-0.25, -0.2) is 12.8 Å². The fourth-order valence-corrected chi connectivity index (χ4v) is 4.05. The normalized spacial score (nSPS) is 11.3. The highest BCUT2D eigenvalue weighted by molar-refractivity contribution is 7.89. The lowest BCUT2D eigenvalue weighted by Crippen LogP contribution is -2.33. The first kappa shape index (κ1) is 20.6. The van der Waals surface area contributed by atoms with Gasteiger partial charge in [-0.3, -0.25) is 0 Å². The summed E-state index contributed by atoms with van der Waals surface area (Å²) in [6.07, 6.45) is 0.562. The van der Waals surface area contributed by atoms with Crippen LogP contribution in [0.5, 0.6) is 0 Å². The number of hydrogen-bond donors (Lipinski definition) is 1. The third-order valence-corrected chi connectivity index (χ3v) is 5.57. The first-order chi connectivity index (χ1) is 10.9. The molecule has 0 aliphatic carbocycles. The van der Waals surface area contributed by atoms with Gasteiger partial charge < -0.3 is 5.73 Å². The van der Waals surface area contributed by atoms with Crippen LogP contribution in [0, 0.1) is 12.7 Å². The summed E-state index contributed by atoms with van der Waals surface area (Å²) in [6.45, 7) is 2.59. The number of nitrogens with zero attached hydrogens (tertiary/aromatic N) is 1. The molecule has 0 heterocycles. The summed E-state index contributed by atoms with van der Waals surface area (Å²) in [4.78, 5) is 0.131. The van der Waals surface area contributed by atoms with Crippen molar-refractivity contribution in [3.63, 3.8) is 0 Å². The van der Waals surface area contributed by atoms with Gasteiger partial charge in [0.05, 0.1) is 4.90 Å². The zero-order valence-electron chi connectivity index (χ0n) is 13.5. The first-order valence-electron chi connectivity index (χ1n) is 7.45. The van der Waals surface area contributed by atoms with E-state index in [-0.39, 0.29) is 23.8 Å². The summed E-state index contributed by atoms with van der Waals surface area (Å²) in [6, 6.07) is 13.1. The van der Waals surface area contributed by atoms with Gasteiger partial charge in [-0.2, -0.15) is 4.31 Å². The molecule has 2 rings (SSSR count). The molecule has 2 aromatic rings. The lowest BCUT2D eigenvalue weighted by molar-refractivity contribution is 0.401. The predicted molar refractivity (Wildman–Crippen MR) is 96.1 cm³/mol. The summed E-state index contributed by atoms with van der Waals surface area (Å²) in [5, 5.41) is 0. The van der Waals surface area contributed by atoms with Gasteiger partial charge in [-0.1, -0.05) is 30.3 Å². The van der Waals surface area contributed by atoms with Crippen LogP contribution in [0.4, 0.5) is 4.39 Å². The van der Waals surface area contributed by atoms with Crippen molar-refractivity contribution in [3.05, 3.63) is 65.5 Å². The number of sulfonamides is 1. The predicted octanol–water partition coefficient (Wildman–Crippen LogP) is 3.10. The molecule has 0 aromatic heterocycles. The molecular formula is C17H22ClFN2O2S. The van der Waals surface area contributed by atoms with Gasteiger partial charge in [0.1, 0.15) is 5.82 Å². The highest BCUT2D eigenvalue weighted by atomic mass is 35.5. The largest absolute Gasteiger partial charge is 0.330 e. The number of hydrogen-bond acceptors (Lipinski definition) is 3. The zero-order chi connectivity index (χ0) is 16.9. The van der Waals surface area contributed by atoms with Gasteiger partial charge in [-0.05, 0) is 49.2 Å². The van der Waals surface area contributed by atoms with Crippen LogP contribution in [0.2, 0.25) is 0 Å². The van der Waals surface area contributed by atoms with Crippen LogP contribution in [-0.4, -0.2) is 25.8 Å². The minimum atomic E-state index is -3.71. The molecule has 0 radical (unpaired) electrons. The van der Waals surface area contributed by atoms with E-state index in [1.165, 1.54) is 22.5 Å². The number of benzene rings is 2. The van der Waals surface area contributed by atoms with Crippen LogP contribution in [0.1, 0.15) is 17.5 Å². The van der Waals surface area contributed by atoms with Crippen molar-refractivity contribution >= 4 is 22.4 Å². The van der Waals surface area contributed by atoms with Gasteiger partial charge in [-0.15, -0.1) is 12.4 Å². The average molecular weight is 373 g/mol. The van der Waals surface area contributed by atoms with E-state index in [0.717, 1.165) is 5.56 Å². The maximum absolute atomic E-state index is 13.3. The van der Waals surface area contributed by atoms with Crippen molar-refractivity contribution in [2.75, 3.05) is 13.1 Å². The summed E-state index contributed by atoms with van der Waals surface area (Å²) in [5.74, 6) is -0.446. The molecule has 0 saturated carbocycles. The van der Waals surface area contributed by atoms with Gasteiger partial charge in [0.15, 0.2) is 0 Å². The van der Waals surface area contributed by atoms with Crippen molar-refractivity contribution in [2.45, 2.75) is 24.8 Å². The van der Waals surface area contributed by atoms with E-state index < -0.39 is 15.8 Å². The van der Waals surface area contributed by atoms with Crippen LogP contribution in [0.3, 0.4) is 0 Å². The maximum Gasteiger partial charge on any atom is 0.243 e. The lowest BCUT2D eigenvalue weighted by Gasteiger charge is -2.23. The Hall–Kier alpha value is -1.47. The molecule has 0 unspecified atom stereocenters. The molecule has 24 heavy (non-hydrogen) atoms. The van der Waals surface area contributed by atoms with Crippen LogP contribution in [0.25, 0.3) is 0 Å². The molecule has 7 heteroatoms. The van der Waals surface area contributed by atoms with Crippen LogP contribution < -0.4 is 5.73 Å². The monoisotopic (exact) mass is 372 g/mol. The molecule has 0 saturated heterocycles. The number of nitrogens with two attached hydrogens (primary N) is 1. The van der Waals surface area contributed by atoms with Crippen molar-refractivity contribution in [3.8, 4) is 0 Å². The van der Waals surface area contributed by atoms with Gasteiger partial charge in [0.2, 0.25) is 10.0 Å². The van der Waals surface area contributed by atoms with Gasteiger partial charge in [0.25, 0.3) is 0 Å². The molecule has 4 nitrogen and oxygen atoms in total. The third-order valence-electron chi connectivity index (χ3n) is 3.57. The Morgan fingerprint density at radius 3 is 2.38 bits per heavy atom. The molecule has 2 aromatic carbocycles. The van der Waals surface area contributed by atoms with E-state index in [0.29, 0.717) is 25.1 Å². The van der Waals surface area contributed by atoms with E-state index in [1.54, 1.807) is 6.92 Å². The molecule has 0 bridgehead atoms. The third kappa shape index (κ3) is 5.01. The molecule has 132 valence electrons. The number of rotatable bonds is 7. The molecule has 0 aliphatic heterocycles. The molecule has 0 atom stereocenters. The van der Waals surface area contributed by atoms with Crippen LogP contribution in [0.15, 0.2) is 53.4 Å². The number of aryl methyl sites for hydroxylation is 1. The van der Waals surface area contributed by atoms with Crippen molar-refractivity contribution in [2.24, 2.45) is 5.73 Å². The Bertz CT molecular complexity index is 754. The highest BCUT2D eigenvalue weighted by Gasteiger charge is 2.26. The summed E-state index contributed by atoms with van der Waals surface area (Å²) in [5.41, 5.74) is 6.83. The molecule has 2 N–H and O–H groups in total. The van der Waals surface area contributed by atoms with E-state index in [1.807, 2.05) is 30.3 Å². The van der Waals surface area contributed by atoms with E-state index in [2.05, 4.69) is 0 Å². The zero-order valence-corrected chi connectivity index (χ0v) is 15.1. The number of halogens is 2. The molecule has 0 fully saturated rings. The SMILES string of the molecule is Cc1cc(F)ccc1S(=O)(=O)N(CCCN)Cc1ccccc1.Cl. The Kier molecular flexibility index (Phi) is 7.83. The molecular weight excluding hydrogens is 351 g/mol. The second-order valence-electron chi connectivity index (χ2n) is 5.38. The second-order valence-corrected chi connectivity index (χ2v) is 7.28. The van der Waals surface area contributed by atoms with E-state index in [9.17, 15) is 12.8 Å². The van der Waals surface area contributed by atoms with Gasteiger partial charge in [0, 0.05) is 13.1 Å². The first-order valence-corrected chi connectivity index (χ1v) is 8.89. The minimum Gasteiger partial charge on any atom is -0.330 e. The Balaban J connectivity index is 0.00000288. The van der Waals surface area contributed by atoms with Crippen molar-refractivity contribution in [1.82, 2.24) is 4.31 Å².